The van der Waals surface area contributed by atoms with Crippen molar-refractivity contribution in [2.24, 2.45) is 0 Å². The third-order valence-electron chi connectivity index (χ3n) is 5.53. The number of nitrogens with zero attached hydrogens (tertiary/aromatic N) is 2. The van der Waals surface area contributed by atoms with Crippen LogP contribution in [0, 0.1) is 0 Å². The third-order valence-corrected chi connectivity index (χ3v) is 5.53. The summed E-state index contributed by atoms with van der Waals surface area (Å²) in [5, 5.41) is 13.3. The maximum atomic E-state index is 11.6. The van der Waals surface area contributed by atoms with Crippen LogP contribution in [0.4, 0.5) is 11.4 Å². The lowest BCUT2D eigenvalue weighted by atomic mass is 10.0. The minimum atomic E-state index is -0.515. The number of aliphatic hydroxyl groups excluding tert-OH is 1. The van der Waals surface area contributed by atoms with Crippen LogP contribution in [-0.4, -0.2) is 62.4 Å². The average molecular weight is 412 g/mol. The number of piperazine rings is 1. The van der Waals surface area contributed by atoms with E-state index >= 15 is 0 Å². The van der Waals surface area contributed by atoms with Gasteiger partial charge >= 0.3 is 0 Å². The fraction of sp³-hybridized carbons (Fsp3) is 0.458. The molecule has 1 unspecified atom stereocenters. The summed E-state index contributed by atoms with van der Waals surface area (Å²) in [4.78, 5) is 16.6. The molecule has 2 aromatic rings. The van der Waals surface area contributed by atoms with Gasteiger partial charge in [0.05, 0.1) is 6.10 Å². The van der Waals surface area contributed by atoms with Gasteiger partial charge in [0.2, 0.25) is 5.91 Å². The Labute approximate surface area is 179 Å². The zero-order valence-electron chi connectivity index (χ0n) is 17.8. The zero-order chi connectivity index (χ0) is 21.2. The minimum absolute atomic E-state index is 0.0202. The number of amides is 1. The van der Waals surface area contributed by atoms with E-state index in [9.17, 15) is 9.90 Å². The van der Waals surface area contributed by atoms with Crippen molar-refractivity contribution in [3.8, 4) is 0 Å². The zero-order valence-corrected chi connectivity index (χ0v) is 17.8. The molecule has 1 fully saturated rings. The second kappa shape index (κ2) is 11.7. The second-order valence-corrected chi connectivity index (χ2v) is 7.78. The van der Waals surface area contributed by atoms with Crippen LogP contribution < -0.4 is 10.2 Å². The monoisotopic (exact) mass is 411 g/mol. The molecule has 2 N–H and O–H groups in total. The van der Waals surface area contributed by atoms with E-state index in [0.29, 0.717) is 5.69 Å². The lowest BCUT2D eigenvalue weighted by molar-refractivity contribution is -0.119. The molecule has 0 radical (unpaired) electrons. The molecule has 30 heavy (non-hydrogen) atoms. The molecule has 0 aliphatic carbocycles. The molecule has 162 valence electrons. The van der Waals surface area contributed by atoms with E-state index in [2.05, 4.69) is 45.4 Å². The fourth-order valence-corrected chi connectivity index (χ4v) is 3.86. The molecular formula is C24H33N3O3. The normalized spacial score (nSPS) is 15.7. The number of carbonyl (C=O) groups excluding carboxylic acids is 1. The number of benzene rings is 2. The molecule has 6 heteroatoms. The Morgan fingerprint density at radius 1 is 1.07 bits per heavy atom. The first-order valence-electron chi connectivity index (χ1n) is 10.7. The van der Waals surface area contributed by atoms with Gasteiger partial charge in [0.1, 0.15) is 6.61 Å². The second-order valence-electron chi connectivity index (χ2n) is 7.78. The number of hydrogen-bond acceptors (Lipinski definition) is 5. The van der Waals surface area contributed by atoms with Crippen LogP contribution in [0.15, 0.2) is 54.6 Å². The Morgan fingerprint density at radius 3 is 2.57 bits per heavy atom. The summed E-state index contributed by atoms with van der Waals surface area (Å²) >= 11 is 0. The number of methoxy groups -OCH3 is 1. The standard InChI is InChI=1S/C24H33N3O3/c1-30-19-24(29)25-21-9-7-8-20(18-21)23(28)12-5-6-13-26-14-16-27(17-15-26)22-10-3-2-4-11-22/h2-4,7-11,18,23,28H,5-6,12-17,19H2,1H3,(H,25,29). The van der Waals surface area contributed by atoms with Crippen LogP contribution in [0.3, 0.4) is 0 Å². The molecule has 1 saturated heterocycles. The summed E-state index contributed by atoms with van der Waals surface area (Å²) in [5.74, 6) is -0.198. The van der Waals surface area contributed by atoms with Crippen molar-refractivity contribution in [3.05, 3.63) is 60.2 Å². The van der Waals surface area contributed by atoms with Gasteiger partial charge in [0.15, 0.2) is 0 Å². The largest absolute Gasteiger partial charge is 0.388 e. The van der Waals surface area contributed by atoms with Crippen molar-refractivity contribution in [3.63, 3.8) is 0 Å². The Bertz CT molecular complexity index is 776. The van der Waals surface area contributed by atoms with Crippen LogP contribution in [-0.2, 0) is 9.53 Å². The molecule has 6 nitrogen and oxygen atoms in total. The summed E-state index contributed by atoms with van der Waals surface area (Å²) in [6, 6.07) is 18.0. The van der Waals surface area contributed by atoms with Crippen LogP contribution in [0.25, 0.3) is 0 Å². The molecular weight excluding hydrogens is 378 g/mol. The highest BCUT2D eigenvalue weighted by atomic mass is 16.5. The number of rotatable bonds is 10. The molecule has 0 saturated carbocycles. The molecule has 1 amide bonds. The number of nitrogens with one attached hydrogen (secondary N) is 1. The van der Waals surface area contributed by atoms with Crippen molar-refractivity contribution in [1.82, 2.24) is 4.90 Å². The predicted molar refractivity (Wildman–Crippen MR) is 121 cm³/mol. The van der Waals surface area contributed by atoms with Crippen LogP contribution in [0.2, 0.25) is 0 Å². The predicted octanol–water partition coefficient (Wildman–Crippen LogP) is 3.30. The Hall–Kier alpha value is -2.41. The fourth-order valence-electron chi connectivity index (χ4n) is 3.86. The minimum Gasteiger partial charge on any atom is -0.388 e. The van der Waals surface area contributed by atoms with E-state index in [0.717, 1.165) is 57.5 Å². The first-order chi connectivity index (χ1) is 14.7. The number of para-hydroxylation sites is 1. The van der Waals surface area contributed by atoms with E-state index in [-0.39, 0.29) is 12.5 Å². The van der Waals surface area contributed by atoms with Crippen molar-refractivity contribution in [2.75, 3.05) is 56.7 Å². The number of hydrogen-bond donors (Lipinski definition) is 2. The van der Waals surface area contributed by atoms with Gasteiger partial charge in [0, 0.05) is 44.7 Å². The average Bonchev–Trinajstić information content (AvgIpc) is 2.78. The van der Waals surface area contributed by atoms with Gasteiger partial charge in [-0.25, -0.2) is 0 Å². The lowest BCUT2D eigenvalue weighted by Gasteiger charge is -2.36. The number of ether oxygens (including phenoxy) is 1. The van der Waals surface area contributed by atoms with Crippen LogP contribution in [0.5, 0.6) is 0 Å². The van der Waals surface area contributed by atoms with Gasteiger partial charge in [-0.15, -0.1) is 0 Å². The summed E-state index contributed by atoms with van der Waals surface area (Å²) in [7, 11) is 1.49. The van der Waals surface area contributed by atoms with Gasteiger partial charge in [0.25, 0.3) is 0 Å². The van der Waals surface area contributed by atoms with Crippen LogP contribution in [0.1, 0.15) is 30.9 Å². The van der Waals surface area contributed by atoms with Gasteiger partial charge < -0.3 is 20.1 Å². The van der Waals surface area contributed by atoms with Crippen molar-refractivity contribution in [2.45, 2.75) is 25.4 Å². The van der Waals surface area contributed by atoms with E-state index in [1.54, 1.807) is 0 Å². The number of anilines is 2. The number of carbonyl (C=O) groups is 1. The van der Waals surface area contributed by atoms with Crippen LogP contribution >= 0.6 is 0 Å². The molecule has 1 aliphatic rings. The van der Waals surface area contributed by atoms with Gasteiger partial charge in [-0.3, -0.25) is 9.69 Å². The summed E-state index contributed by atoms with van der Waals surface area (Å²) in [6.07, 6.45) is 2.26. The first kappa shape index (κ1) is 22.3. The summed E-state index contributed by atoms with van der Waals surface area (Å²) in [5.41, 5.74) is 2.83. The van der Waals surface area contributed by atoms with Crippen molar-refractivity contribution < 1.29 is 14.6 Å². The van der Waals surface area contributed by atoms with E-state index in [1.165, 1.54) is 12.8 Å². The highest BCUT2D eigenvalue weighted by Gasteiger charge is 2.17. The molecule has 0 spiro atoms. The Morgan fingerprint density at radius 2 is 1.83 bits per heavy atom. The summed E-state index contributed by atoms with van der Waals surface area (Å²) < 4.78 is 4.83. The molecule has 3 rings (SSSR count). The molecule has 1 heterocycles. The molecule has 0 bridgehead atoms. The van der Waals surface area contributed by atoms with E-state index in [4.69, 9.17) is 4.74 Å². The first-order valence-corrected chi connectivity index (χ1v) is 10.7. The number of aliphatic hydroxyl groups is 1. The topological polar surface area (TPSA) is 65.0 Å². The SMILES string of the molecule is COCC(=O)Nc1cccc(C(O)CCCCN2CCN(c3ccccc3)CC2)c1. The highest BCUT2D eigenvalue weighted by Crippen LogP contribution is 2.22. The smallest absolute Gasteiger partial charge is 0.250 e. The maximum Gasteiger partial charge on any atom is 0.250 e. The third kappa shape index (κ3) is 6.83. The van der Waals surface area contributed by atoms with E-state index < -0.39 is 6.10 Å². The van der Waals surface area contributed by atoms with Crippen molar-refractivity contribution in [1.29, 1.82) is 0 Å². The molecule has 1 atom stereocenters. The lowest BCUT2D eigenvalue weighted by Crippen LogP contribution is -2.46. The van der Waals surface area contributed by atoms with Gasteiger partial charge in [-0.05, 0) is 55.6 Å². The number of unbranched alkanes of at least 4 members (excludes halogenated alkanes) is 1. The molecule has 1 aliphatic heterocycles. The highest BCUT2D eigenvalue weighted by molar-refractivity contribution is 5.91. The van der Waals surface area contributed by atoms with E-state index in [1.807, 2.05) is 24.3 Å². The molecule has 0 aromatic heterocycles. The Balaban J connectivity index is 1.35. The van der Waals surface area contributed by atoms with Gasteiger partial charge in [-0.2, -0.15) is 0 Å². The summed E-state index contributed by atoms with van der Waals surface area (Å²) in [6.45, 7) is 5.39. The quantitative estimate of drug-likeness (QED) is 0.588. The van der Waals surface area contributed by atoms with Crippen molar-refractivity contribution >= 4 is 17.3 Å². The molecule has 2 aromatic carbocycles. The van der Waals surface area contributed by atoms with Gasteiger partial charge in [-0.1, -0.05) is 30.3 Å². The Kier molecular flexibility index (Phi) is 8.68. The maximum absolute atomic E-state index is 11.6.